The van der Waals surface area contributed by atoms with Gasteiger partial charge in [-0.3, -0.25) is 4.90 Å². The molecule has 5 heteroatoms. The van der Waals surface area contributed by atoms with Gasteiger partial charge in [-0.05, 0) is 39.3 Å². The third kappa shape index (κ3) is 4.35. The lowest BCUT2D eigenvalue weighted by molar-refractivity contribution is -0.0563. The van der Waals surface area contributed by atoms with Gasteiger partial charge < -0.3 is 18.8 Å². The number of ether oxygens (including phenoxy) is 2. The highest BCUT2D eigenvalue weighted by Gasteiger charge is 2.43. The van der Waals surface area contributed by atoms with Gasteiger partial charge in [0.2, 0.25) is 0 Å². The quantitative estimate of drug-likeness (QED) is 0.831. The first-order valence-corrected chi connectivity index (χ1v) is 8.72. The molecule has 0 radical (unpaired) electrons. The van der Waals surface area contributed by atoms with Crippen LogP contribution in [0.2, 0.25) is 0 Å². The Morgan fingerprint density at radius 2 is 2.30 bits per heavy atom. The standard InChI is InChI=1S/C18H30N2O3/c1-15(2)19(3)9-17-8-18(23-12-17)13-20(5-7-22-14-18)10-16-4-6-21-11-16/h4,6,11,15,17H,5,7-10,12-14H2,1-3H3/t17-,18+/m1/s1. The molecule has 2 saturated heterocycles. The van der Waals surface area contributed by atoms with Crippen molar-refractivity contribution in [2.24, 2.45) is 5.92 Å². The van der Waals surface area contributed by atoms with Crippen molar-refractivity contribution in [2.45, 2.75) is 38.5 Å². The first kappa shape index (κ1) is 17.0. The maximum atomic E-state index is 6.29. The number of hydrogen-bond donors (Lipinski definition) is 0. The summed E-state index contributed by atoms with van der Waals surface area (Å²) in [6, 6.07) is 2.61. The van der Waals surface area contributed by atoms with Crippen LogP contribution in [0.4, 0.5) is 0 Å². The Hall–Kier alpha value is -0.880. The fourth-order valence-corrected chi connectivity index (χ4v) is 3.64. The van der Waals surface area contributed by atoms with E-state index >= 15 is 0 Å². The average molecular weight is 322 g/mol. The second-order valence-electron chi connectivity index (χ2n) is 7.49. The highest BCUT2D eigenvalue weighted by Crippen LogP contribution is 2.33. The first-order chi connectivity index (χ1) is 11.1. The third-order valence-electron chi connectivity index (χ3n) is 5.13. The summed E-state index contributed by atoms with van der Waals surface area (Å²) >= 11 is 0. The van der Waals surface area contributed by atoms with Crippen LogP contribution in [-0.2, 0) is 16.0 Å². The van der Waals surface area contributed by atoms with Gasteiger partial charge in [0.25, 0.3) is 0 Å². The van der Waals surface area contributed by atoms with E-state index in [1.165, 1.54) is 5.56 Å². The maximum absolute atomic E-state index is 6.29. The minimum atomic E-state index is -0.136. The summed E-state index contributed by atoms with van der Waals surface area (Å²) in [7, 11) is 2.20. The minimum absolute atomic E-state index is 0.136. The summed E-state index contributed by atoms with van der Waals surface area (Å²) in [5.74, 6) is 0.597. The second-order valence-corrected chi connectivity index (χ2v) is 7.49. The van der Waals surface area contributed by atoms with Gasteiger partial charge in [-0.25, -0.2) is 0 Å². The summed E-state index contributed by atoms with van der Waals surface area (Å²) < 4.78 is 17.4. The van der Waals surface area contributed by atoms with Crippen LogP contribution < -0.4 is 0 Å². The Morgan fingerprint density at radius 3 is 3.04 bits per heavy atom. The molecule has 0 N–H and O–H groups in total. The molecule has 2 fully saturated rings. The lowest BCUT2D eigenvalue weighted by Gasteiger charge is -2.31. The van der Waals surface area contributed by atoms with E-state index in [0.717, 1.165) is 52.4 Å². The molecule has 0 aliphatic carbocycles. The zero-order valence-electron chi connectivity index (χ0n) is 14.7. The normalized spacial score (nSPS) is 29.7. The summed E-state index contributed by atoms with van der Waals surface area (Å²) in [6.07, 6.45) is 4.66. The largest absolute Gasteiger partial charge is 0.472 e. The molecule has 3 rings (SSSR count). The average Bonchev–Trinajstić information content (AvgIpc) is 3.09. The van der Waals surface area contributed by atoms with Gasteiger partial charge in [-0.15, -0.1) is 0 Å². The molecule has 1 aromatic heterocycles. The number of rotatable bonds is 5. The molecular weight excluding hydrogens is 292 g/mol. The predicted molar refractivity (Wildman–Crippen MR) is 89.4 cm³/mol. The summed E-state index contributed by atoms with van der Waals surface area (Å²) in [4.78, 5) is 4.85. The van der Waals surface area contributed by atoms with E-state index in [4.69, 9.17) is 13.9 Å². The van der Waals surface area contributed by atoms with Crippen molar-refractivity contribution in [2.75, 3.05) is 46.5 Å². The van der Waals surface area contributed by atoms with Crippen molar-refractivity contribution < 1.29 is 13.9 Å². The van der Waals surface area contributed by atoms with Crippen LogP contribution >= 0.6 is 0 Å². The van der Waals surface area contributed by atoms with Crippen molar-refractivity contribution in [1.29, 1.82) is 0 Å². The maximum Gasteiger partial charge on any atom is 0.104 e. The Balaban J connectivity index is 1.59. The number of nitrogens with zero attached hydrogens (tertiary/aromatic N) is 2. The van der Waals surface area contributed by atoms with Gasteiger partial charge in [-0.2, -0.15) is 0 Å². The lowest BCUT2D eigenvalue weighted by Crippen LogP contribution is -2.44. The van der Waals surface area contributed by atoms with E-state index in [-0.39, 0.29) is 5.60 Å². The second kappa shape index (κ2) is 7.34. The summed E-state index contributed by atoms with van der Waals surface area (Å²) in [5, 5.41) is 0. The zero-order chi connectivity index (χ0) is 16.3. The SMILES string of the molecule is CC(C)N(C)C[C@@H]1CO[C@@]2(COCCN(Cc3ccoc3)C2)C1. The van der Waals surface area contributed by atoms with Crippen LogP contribution in [0.25, 0.3) is 0 Å². The van der Waals surface area contributed by atoms with Gasteiger partial charge in [0.1, 0.15) is 5.60 Å². The van der Waals surface area contributed by atoms with Crippen LogP contribution in [0.3, 0.4) is 0 Å². The topological polar surface area (TPSA) is 38.1 Å². The smallest absolute Gasteiger partial charge is 0.104 e. The molecule has 5 nitrogen and oxygen atoms in total. The molecule has 130 valence electrons. The van der Waals surface area contributed by atoms with E-state index in [9.17, 15) is 0 Å². The summed E-state index contributed by atoms with van der Waals surface area (Å²) in [6.45, 7) is 10.7. The third-order valence-corrected chi connectivity index (χ3v) is 5.13. The Morgan fingerprint density at radius 1 is 1.43 bits per heavy atom. The monoisotopic (exact) mass is 322 g/mol. The van der Waals surface area contributed by atoms with Crippen LogP contribution in [0, 0.1) is 5.92 Å². The van der Waals surface area contributed by atoms with E-state index in [2.05, 4.69) is 30.7 Å². The molecule has 0 bridgehead atoms. The molecule has 0 unspecified atom stereocenters. The highest BCUT2D eigenvalue weighted by molar-refractivity contribution is 5.06. The molecule has 0 saturated carbocycles. The molecule has 23 heavy (non-hydrogen) atoms. The molecule has 2 aliphatic heterocycles. The molecule has 0 amide bonds. The van der Waals surface area contributed by atoms with Gasteiger partial charge in [0, 0.05) is 37.8 Å². The van der Waals surface area contributed by atoms with Crippen LogP contribution in [0.15, 0.2) is 23.0 Å². The summed E-state index contributed by atoms with van der Waals surface area (Å²) in [5.41, 5.74) is 1.08. The predicted octanol–water partition coefficient (Wildman–Crippen LogP) is 2.23. The van der Waals surface area contributed by atoms with Gasteiger partial charge in [0.05, 0.1) is 32.3 Å². The van der Waals surface area contributed by atoms with Crippen LogP contribution in [-0.4, -0.2) is 67.9 Å². The van der Waals surface area contributed by atoms with E-state index < -0.39 is 0 Å². The first-order valence-electron chi connectivity index (χ1n) is 8.72. The number of hydrogen-bond acceptors (Lipinski definition) is 5. The lowest BCUT2D eigenvalue weighted by atomic mass is 9.93. The minimum Gasteiger partial charge on any atom is -0.472 e. The zero-order valence-corrected chi connectivity index (χ0v) is 14.7. The Labute approximate surface area is 139 Å². The molecule has 2 atom stereocenters. The van der Waals surface area contributed by atoms with Crippen molar-refractivity contribution >= 4 is 0 Å². The van der Waals surface area contributed by atoms with Gasteiger partial charge >= 0.3 is 0 Å². The van der Waals surface area contributed by atoms with Crippen molar-refractivity contribution in [1.82, 2.24) is 9.80 Å². The molecule has 1 aromatic rings. The molecule has 2 aliphatic rings. The molecule has 0 aromatic carbocycles. The molecular formula is C18H30N2O3. The molecule has 3 heterocycles. The number of furan rings is 1. The van der Waals surface area contributed by atoms with E-state index in [1.54, 1.807) is 6.26 Å². The van der Waals surface area contributed by atoms with E-state index in [1.807, 2.05) is 12.3 Å². The van der Waals surface area contributed by atoms with Gasteiger partial charge in [-0.1, -0.05) is 0 Å². The van der Waals surface area contributed by atoms with Crippen LogP contribution in [0.1, 0.15) is 25.8 Å². The Kier molecular flexibility index (Phi) is 5.42. The fraction of sp³-hybridized carbons (Fsp3) is 0.778. The van der Waals surface area contributed by atoms with Crippen molar-refractivity contribution in [3.8, 4) is 0 Å². The van der Waals surface area contributed by atoms with Crippen LogP contribution in [0.5, 0.6) is 0 Å². The highest BCUT2D eigenvalue weighted by atomic mass is 16.5. The fourth-order valence-electron chi connectivity index (χ4n) is 3.64. The van der Waals surface area contributed by atoms with Crippen molar-refractivity contribution in [3.63, 3.8) is 0 Å². The Bertz CT molecular complexity index is 477. The van der Waals surface area contributed by atoms with Gasteiger partial charge in [0.15, 0.2) is 0 Å². The molecule has 1 spiro atoms. The van der Waals surface area contributed by atoms with Crippen molar-refractivity contribution in [3.05, 3.63) is 24.2 Å². The van der Waals surface area contributed by atoms with E-state index in [0.29, 0.717) is 12.0 Å².